The number of carbonyl (C=O) groups excluding carboxylic acids is 1. The quantitative estimate of drug-likeness (QED) is 0.929. The van der Waals surface area contributed by atoms with Crippen molar-refractivity contribution in [3.05, 3.63) is 28.2 Å². The van der Waals surface area contributed by atoms with Crippen LogP contribution in [0, 0.1) is 0 Å². The van der Waals surface area contributed by atoms with E-state index in [-0.39, 0.29) is 18.1 Å². The van der Waals surface area contributed by atoms with Crippen molar-refractivity contribution in [1.29, 1.82) is 0 Å². The van der Waals surface area contributed by atoms with Crippen LogP contribution >= 0.6 is 15.9 Å². The highest BCUT2D eigenvalue weighted by molar-refractivity contribution is 9.10. The summed E-state index contributed by atoms with van der Waals surface area (Å²) >= 11 is 3.51. The predicted octanol–water partition coefficient (Wildman–Crippen LogP) is 2.45. The van der Waals surface area contributed by atoms with Gasteiger partial charge in [0.15, 0.2) is 0 Å². The van der Waals surface area contributed by atoms with Crippen LogP contribution in [0.25, 0.3) is 0 Å². The monoisotopic (exact) mass is 323 g/mol. The summed E-state index contributed by atoms with van der Waals surface area (Å²) in [5.74, 6) is 1.09. The van der Waals surface area contributed by atoms with Crippen LogP contribution < -0.4 is 10.5 Å². The SMILES string of the molecule is COc1ccc(Br)c(C2C(N)=NC(=O)N2C2CC2)c1. The molecule has 1 aliphatic carbocycles. The number of methoxy groups -OCH3 is 1. The van der Waals surface area contributed by atoms with E-state index in [1.54, 1.807) is 12.0 Å². The Morgan fingerprint density at radius 1 is 1.47 bits per heavy atom. The highest BCUT2D eigenvalue weighted by Crippen LogP contribution is 2.41. The number of aliphatic imine (C=N–C) groups is 1. The standard InChI is InChI=1S/C13H14BrN3O2/c1-19-8-4-5-10(14)9(6-8)11-12(15)16-13(18)17(11)7-2-3-7/h4-7,11H,2-3H2,1H3,(H2,15,16,18). The lowest BCUT2D eigenvalue weighted by Gasteiger charge is -2.25. The Balaban J connectivity index is 2.04. The molecule has 0 aromatic heterocycles. The maximum Gasteiger partial charge on any atom is 0.346 e. The molecule has 1 saturated carbocycles. The van der Waals surface area contributed by atoms with Crippen LogP contribution in [0.5, 0.6) is 5.75 Å². The fourth-order valence-corrected chi connectivity index (χ4v) is 2.83. The van der Waals surface area contributed by atoms with E-state index < -0.39 is 0 Å². The molecule has 1 fully saturated rings. The molecule has 0 spiro atoms. The highest BCUT2D eigenvalue weighted by atomic mass is 79.9. The minimum atomic E-state index is -0.288. The van der Waals surface area contributed by atoms with Gasteiger partial charge in [0, 0.05) is 16.1 Å². The zero-order chi connectivity index (χ0) is 13.6. The predicted molar refractivity (Wildman–Crippen MR) is 75.3 cm³/mol. The fourth-order valence-electron chi connectivity index (χ4n) is 2.37. The maximum absolute atomic E-state index is 11.9. The lowest BCUT2D eigenvalue weighted by Crippen LogP contribution is -2.35. The lowest BCUT2D eigenvalue weighted by molar-refractivity contribution is 0.203. The molecule has 19 heavy (non-hydrogen) atoms. The molecule has 1 heterocycles. The van der Waals surface area contributed by atoms with Gasteiger partial charge in [-0.2, -0.15) is 4.99 Å². The molecule has 0 radical (unpaired) electrons. The number of rotatable bonds is 3. The molecule has 2 amide bonds. The zero-order valence-electron chi connectivity index (χ0n) is 10.5. The van der Waals surface area contributed by atoms with E-state index in [1.807, 2.05) is 18.2 Å². The van der Waals surface area contributed by atoms with Gasteiger partial charge >= 0.3 is 6.03 Å². The van der Waals surface area contributed by atoms with Crippen molar-refractivity contribution in [1.82, 2.24) is 4.90 Å². The van der Waals surface area contributed by atoms with Gasteiger partial charge in [-0.3, -0.25) is 0 Å². The first-order chi connectivity index (χ1) is 9.11. The molecule has 2 N–H and O–H groups in total. The number of amidine groups is 1. The Bertz CT molecular complexity index is 569. The fraction of sp³-hybridized carbons (Fsp3) is 0.385. The van der Waals surface area contributed by atoms with Gasteiger partial charge in [-0.1, -0.05) is 15.9 Å². The van der Waals surface area contributed by atoms with Gasteiger partial charge < -0.3 is 15.4 Å². The first kappa shape index (κ1) is 12.5. The third-order valence-corrected chi connectivity index (χ3v) is 4.16. The summed E-state index contributed by atoms with van der Waals surface area (Å²) in [6.07, 6.45) is 2.04. The second-order valence-electron chi connectivity index (χ2n) is 4.75. The van der Waals surface area contributed by atoms with Crippen LogP contribution in [0.1, 0.15) is 24.4 Å². The van der Waals surface area contributed by atoms with Crippen LogP contribution in [-0.4, -0.2) is 29.9 Å². The summed E-state index contributed by atoms with van der Waals surface area (Å²) in [6, 6.07) is 5.39. The Hall–Kier alpha value is -1.56. The molecule has 1 atom stereocenters. The largest absolute Gasteiger partial charge is 0.497 e. The summed E-state index contributed by atoms with van der Waals surface area (Å²) in [6.45, 7) is 0. The second-order valence-corrected chi connectivity index (χ2v) is 5.60. The normalized spacial score (nSPS) is 22.6. The number of urea groups is 1. The topological polar surface area (TPSA) is 67.9 Å². The molecule has 0 bridgehead atoms. The number of carbonyl (C=O) groups is 1. The number of halogens is 1. The Labute approximate surface area is 119 Å². The van der Waals surface area contributed by atoms with Crippen LogP contribution in [0.4, 0.5) is 4.79 Å². The molecule has 6 heteroatoms. The number of nitrogens with two attached hydrogens (primary N) is 1. The molecule has 100 valence electrons. The first-order valence-electron chi connectivity index (χ1n) is 6.11. The molecular weight excluding hydrogens is 310 g/mol. The lowest BCUT2D eigenvalue weighted by atomic mass is 10.0. The first-order valence-corrected chi connectivity index (χ1v) is 6.91. The summed E-state index contributed by atoms with van der Waals surface area (Å²) in [5, 5.41) is 0. The van der Waals surface area contributed by atoms with Gasteiger partial charge in [0.1, 0.15) is 17.6 Å². The molecule has 2 aliphatic rings. The number of amides is 2. The molecule has 3 rings (SSSR count). The smallest absolute Gasteiger partial charge is 0.346 e. The maximum atomic E-state index is 11.9. The van der Waals surface area contributed by atoms with Crippen molar-refractivity contribution < 1.29 is 9.53 Å². The molecule has 1 aromatic carbocycles. The van der Waals surface area contributed by atoms with Crippen molar-refractivity contribution >= 4 is 27.8 Å². The van der Waals surface area contributed by atoms with Crippen molar-refractivity contribution in [3.8, 4) is 5.75 Å². The zero-order valence-corrected chi connectivity index (χ0v) is 12.1. The van der Waals surface area contributed by atoms with Crippen molar-refractivity contribution in [2.24, 2.45) is 10.7 Å². The van der Waals surface area contributed by atoms with Gasteiger partial charge in [0.2, 0.25) is 0 Å². The van der Waals surface area contributed by atoms with E-state index in [1.165, 1.54) is 0 Å². The van der Waals surface area contributed by atoms with Gasteiger partial charge in [-0.05, 0) is 31.0 Å². The Kier molecular flexibility index (Phi) is 2.97. The highest BCUT2D eigenvalue weighted by Gasteiger charge is 2.44. The van der Waals surface area contributed by atoms with Crippen LogP contribution in [-0.2, 0) is 0 Å². The van der Waals surface area contributed by atoms with Crippen molar-refractivity contribution in [2.75, 3.05) is 7.11 Å². The summed E-state index contributed by atoms with van der Waals surface area (Å²) < 4.78 is 6.14. The number of ether oxygens (including phenoxy) is 1. The van der Waals surface area contributed by atoms with E-state index in [2.05, 4.69) is 20.9 Å². The van der Waals surface area contributed by atoms with Crippen molar-refractivity contribution in [3.63, 3.8) is 0 Å². The van der Waals surface area contributed by atoms with E-state index in [4.69, 9.17) is 10.5 Å². The third kappa shape index (κ3) is 2.10. The summed E-state index contributed by atoms with van der Waals surface area (Å²) in [4.78, 5) is 17.6. The summed E-state index contributed by atoms with van der Waals surface area (Å²) in [5.41, 5.74) is 6.86. The Morgan fingerprint density at radius 2 is 2.21 bits per heavy atom. The Morgan fingerprint density at radius 3 is 2.84 bits per heavy atom. The van der Waals surface area contributed by atoms with Gasteiger partial charge in [0.05, 0.1) is 7.11 Å². The minimum Gasteiger partial charge on any atom is -0.497 e. The van der Waals surface area contributed by atoms with E-state index in [0.717, 1.165) is 28.6 Å². The van der Waals surface area contributed by atoms with Gasteiger partial charge in [-0.25, -0.2) is 4.79 Å². The van der Waals surface area contributed by atoms with Gasteiger partial charge in [-0.15, -0.1) is 0 Å². The molecule has 5 nitrogen and oxygen atoms in total. The molecule has 0 saturated heterocycles. The van der Waals surface area contributed by atoms with E-state index in [9.17, 15) is 4.79 Å². The number of benzene rings is 1. The van der Waals surface area contributed by atoms with Crippen molar-refractivity contribution in [2.45, 2.75) is 24.9 Å². The third-order valence-electron chi connectivity index (χ3n) is 3.44. The number of hydrogen-bond donors (Lipinski definition) is 1. The van der Waals surface area contributed by atoms with E-state index >= 15 is 0 Å². The molecule has 1 unspecified atom stereocenters. The number of nitrogens with zero attached hydrogens (tertiary/aromatic N) is 2. The van der Waals surface area contributed by atoms with Gasteiger partial charge in [0.25, 0.3) is 0 Å². The second kappa shape index (κ2) is 4.52. The molecule has 1 aliphatic heterocycles. The van der Waals surface area contributed by atoms with Crippen LogP contribution in [0.15, 0.2) is 27.7 Å². The average molecular weight is 324 g/mol. The minimum absolute atomic E-state index is 0.236. The summed E-state index contributed by atoms with van der Waals surface area (Å²) in [7, 11) is 1.61. The van der Waals surface area contributed by atoms with Crippen LogP contribution in [0.3, 0.4) is 0 Å². The number of hydrogen-bond acceptors (Lipinski definition) is 3. The molecule has 1 aromatic rings. The van der Waals surface area contributed by atoms with E-state index in [0.29, 0.717) is 5.84 Å². The average Bonchev–Trinajstić information content (AvgIpc) is 3.16. The van der Waals surface area contributed by atoms with Crippen LogP contribution in [0.2, 0.25) is 0 Å². The molecular formula is C13H14BrN3O2.